The molecular formula is C22H23N3O4. The van der Waals surface area contributed by atoms with Gasteiger partial charge in [0.25, 0.3) is 5.56 Å². The van der Waals surface area contributed by atoms with E-state index in [0.29, 0.717) is 12.1 Å². The zero-order valence-corrected chi connectivity index (χ0v) is 16.6. The van der Waals surface area contributed by atoms with E-state index in [2.05, 4.69) is 5.32 Å². The fourth-order valence-electron chi connectivity index (χ4n) is 3.60. The molecule has 1 unspecified atom stereocenters. The maximum absolute atomic E-state index is 13.0. The Kier molecular flexibility index (Phi) is 4.88. The first-order valence-electron chi connectivity index (χ1n) is 9.44. The van der Waals surface area contributed by atoms with Gasteiger partial charge in [-0.15, -0.1) is 0 Å². The second-order valence-electron chi connectivity index (χ2n) is 7.11. The van der Waals surface area contributed by atoms with Crippen LogP contribution in [-0.2, 0) is 18.3 Å². The summed E-state index contributed by atoms with van der Waals surface area (Å²) in [5.74, 6) is 0.860. The highest BCUT2D eigenvalue weighted by molar-refractivity contribution is 5.93. The van der Waals surface area contributed by atoms with Crippen molar-refractivity contribution in [3.05, 3.63) is 70.1 Å². The third-order valence-electron chi connectivity index (χ3n) is 5.35. The van der Waals surface area contributed by atoms with Crippen molar-refractivity contribution >= 4 is 11.6 Å². The number of para-hydroxylation sites is 1. The number of nitrogens with one attached hydrogen (secondary N) is 1. The molecule has 7 heteroatoms. The van der Waals surface area contributed by atoms with E-state index in [1.54, 1.807) is 23.5 Å². The van der Waals surface area contributed by atoms with Crippen molar-refractivity contribution in [2.75, 3.05) is 19.0 Å². The van der Waals surface area contributed by atoms with E-state index in [1.807, 2.05) is 55.5 Å². The van der Waals surface area contributed by atoms with Crippen LogP contribution in [0.2, 0.25) is 0 Å². The maximum atomic E-state index is 13.0. The highest BCUT2D eigenvalue weighted by Crippen LogP contribution is 2.31. The van der Waals surface area contributed by atoms with Crippen LogP contribution in [-0.4, -0.2) is 29.0 Å². The van der Waals surface area contributed by atoms with Crippen molar-refractivity contribution < 1.29 is 14.3 Å². The smallest absolute Gasteiger partial charge is 0.295 e. The number of ether oxygens (including phenoxy) is 2. The Balaban J connectivity index is 1.59. The van der Waals surface area contributed by atoms with Gasteiger partial charge >= 0.3 is 0 Å². The van der Waals surface area contributed by atoms with Crippen LogP contribution in [0.4, 0.5) is 5.69 Å². The number of methoxy groups -OCH3 is 1. The molecule has 1 aliphatic heterocycles. The number of hydrogen-bond donors (Lipinski definition) is 1. The monoisotopic (exact) mass is 393 g/mol. The van der Waals surface area contributed by atoms with Gasteiger partial charge in [0.15, 0.2) is 0 Å². The van der Waals surface area contributed by atoms with Crippen LogP contribution in [0.3, 0.4) is 0 Å². The minimum absolute atomic E-state index is 0.232. The lowest BCUT2D eigenvalue weighted by Crippen LogP contribution is -2.34. The van der Waals surface area contributed by atoms with Crippen molar-refractivity contribution in [3.8, 4) is 17.2 Å². The average Bonchev–Trinajstić information content (AvgIpc) is 2.96. The van der Waals surface area contributed by atoms with Gasteiger partial charge in [-0.3, -0.25) is 14.3 Å². The molecule has 0 aliphatic carbocycles. The van der Waals surface area contributed by atoms with Crippen LogP contribution < -0.4 is 20.3 Å². The summed E-state index contributed by atoms with van der Waals surface area (Å²) in [5.41, 5.74) is 2.37. The average molecular weight is 393 g/mol. The minimum Gasteiger partial charge on any atom is -0.497 e. The summed E-state index contributed by atoms with van der Waals surface area (Å²) < 4.78 is 14.3. The summed E-state index contributed by atoms with van der Waals surface area (Å²) in [6, 6.07) is 14.9. The van der Waals surface area contributed by atoms with Crippen molar-refractivity contribution in [1.82, 2.24) is 9.36 Å². The Bertz CT molecular complexity index is 1120. The van der Waals surface area contributed by atoms with Gasteiger partial charge < -0.3 is 14.8 Å². The Morgan fingerprint density at radius 3 is 2.69 bits per heavy atom. The molecule has 1 N–H and O–H groups in total. The SMILES string of the molecule is COc1ccc2c(c1)CC(C(=O)Nc1c(C)n(C)n(-c3ccccc3)c1=O)CO2. The van der Waals surface area contributed by atoms with Crippen molar-refractivity contribution in [3.63, 3.8) is 0 Å². The summed E-state index contributed by atoms with van der Waals surface area (Å²) in [5, 5.41) is 2.83. The van der Waals surface area contributed by atoms with E-state index in [1.165, 1.54) is 0 Å². The molecule has 1 amide bonds. The predicted molar refractivity (Wildman–Crippen MR) is 110 cm³/mol. The van der Waals surface area contributed by atoms with Crippen LogP contribution >= 0.6 is 0 Å². The Labute approximate surface area is 168 Å². The van der Waals surface area contributed by atoms with E-state index in [4.69, 9.17) is 9.47 Å². The molecule has 0 saturated carbocycles. The fraction of sp³-hybridized carbons (Fsp3) is 0.273. The van der Waals surface area contributed by atoms with E-state index in [9.17, 15) is 9.59 Å². The van der Waals surface area contributed by atoms with Gasteiger partial charge in [-0.25, -0.2) is 4.68 Å². The largest absolute Gasteiger partial charge is 0.497 e. The number of benzene rings is 2. The molecule has 29 heavy (non-hydrogen) atoms. The second-order valence-corrected chi connectivity index (χ2v) is 7.11. The number of carbonyl (C=O) groups is 1. The number of anilines is 1. The van der Waals surface area contributed by atoms with E-state index >= 15 is 0 Å². The standard InChI is InChI=1S/C22H23N3O4/c1-14-20(22(27)25(24(14)2)17-7-5-4-6-8-17)23-21(26)16-11-15-12-18(28-3)9-10-19(15)29-13-16/h4-10,12,16H,11,13H2,1-3H3,(H,23,26). The van der Waals surface area contributed by atoms with E-state index in [0.717, 1.165) is 22.7 Å². The van der Waals surface area contributed by atoms with Gasteiger partial charge in [-0.1, -0.05) is 18.2 Å². The minimum atomic E-state index is -0.390. The van der Waals surface area contributed by atoms with Crippen LogP contribution in [0.25, 0.3) is 5.69 Å². The molecule has 7 nitrogen and oxygen atoms in total. The van der Waals surface area contributed by atoms with Crippen LogP contribution in [0.15, 0.2) is 53.3 Å². The Hall–Kier alpha value is -3.48. The molecule has 1 aromatic heterocycles. The summed E-state index contributed by atoms with van der Waals surface area (Å²) in [7, 11) is 3.40. The lowest BCUT2D eigenvalue weighted by molar-refractivity contribution is -0.121. The van der Waals surface area contributed by atoms with Gasteiger partial charge in [0.1, 0.15) is 23.8 Å². The van der Waals surface area contributed by atoms with Crippen LogP contribution in [0.1, 0.15) is 11.3 Å². The quantitative estimate of drug-likeness (QED) is 0.740. The molecule has 0 radical (unpaired) electrons. The molecule has 0 saturated heterocycles. The molecule has 0 fully saturated rings. The molecule has 0 spiro atoms. The molecule has 0 bridgehead atoms. The molecule has 3 aromatic rings. The number of aromatic nitrogens is 2. The lowest BCUT2D eigenvalue weighted by Gasteiger charge is -2.24. The first kappa shape index (κ1) is 18.9. The number of carbonyl (C=O) groups excluding carboxylic acids is 1. The molecule has 4 rings (SSSR count). The van der Waals surface area contributed by atoms with Crippen molar-refractivity contribution in [2.24, 2.45) is 13.0 Å². The van der Waals surface area contributed by atoms with Crippen molar-refractivity contribution in [2.45, 2.75) is 13.3 Å². The first-order valence-corrected chi connectivity index (χ1v) is 9.44. The van der Waals surface area contributed by atoms with Crippen LogP contribution in [0, 0.1) is 12.8 Å². The summed E-state index contributed by atoms with van der Waals surface area (Å²) >= 11 is 0. The van der Waals surface area contributed by atoms with Gasteiger partial charge in [0.05, 0.1) is 24.4 Å². The van der Waals surface area contributed by atoms with Gasteiger partial charge in [0.2, 0.25) is 5.91 Å². The molecule has 1 atom stereocenters. The third-order valence-corrected chi connectivity index (χ3v) is 5.35. The molecule has 2 heterocycles. The fourth-order valence-corrected chi connectivity index (χ4v) is 3.60. The first-order chi connectivity index (χ1) is 14.0. The summed E-state index contributed by atoms with van der Waals surface area (Å²) in [4.78, 5) is 25.9. The normalized spacial score (nSPS) is 15.3. The Morgan fingerprint density at radius 1 is 1.21 bits per heavy atom. The third kappa shape index (κ3) is 3.40. The number of nitrogens with zero attached hydrogens (tertiary/aromatic N) is 2. The van der Waals surface area contributed by atoms with Gasteiger partial charge in [0, 0.05) is 7.05 Å². The summed E-state index contributed by atoms with van der Waals surface area (Å²) in [6.45, 7) is 2.08. The maximum Gasteiger partial charge on any atom is 0.295 e. The van der Waals surface area contributed by atoms with Crippen molar-refractivity contribution in [1.29, 1.82) is 0 Å². The highest BCUT2D eigenvalue weighted by Gasteiger charge is 2.28. The van der Waals surface area contributed by atoms with Gasteiger partial charge in [-0.2, -0.15) is 0 Å². The lowest BCUT2D eigenvalue weighted by atomic mass is 9.95. The van der Waals surface area contributed by atoms with Gasteiger partial charge in [-0.05, 0) is 49.2 Å². The molecule has 150 valence electrons. The highest BCUT2D eigenvalue weighted by atomic mass is 16.5. The zero-order valence-electron chi connectivity index (χ0n) is 16.6. The van der Waals surface area contributed by atoms with E-state index < -0.39 is 5.92 Å². The van der Waals surface area contributed by atoms with E-state index in [-0.39, 0.29) is 23.8 Å². The number of hydrogen-bond acceptors (Lipinski definition) is 4. The number of amides is 1. The topological polar surface area (TPSA) is 74.5 Å². The number of fused-ring (bicyclic) bond motifs is 1. The molecule has 2 aromatic carbocycles. The second kappa shape index (κ2) is 7.50. The molecule has 1 aliphatic rings. The molecular weight excluding hydrogens is 370 g/mol. The summed E-state index contributed by atoms with van der Waals surface area (Å²) in [6.07, 6.45) is 0.525. The number of rotatable bonds is 4. The van der Waals surface area contributed by atoms with Crippen LogP contribution in [0.5, 0.6) is 11.5 Å². The Morgan fingerprint density at radius 2 is 1.97 bits per heavy atom. The predicted octanol–water partition coefficient (Wildman–Crippen LogP) is 2.68. The zero-order chi connectivity index (χ0) is 20.5.